The monoisotopic (exact) mass is 468 g/mol. The first-order valence-electron chi connectivity index (χ1n) is 9.84. The van der Waals surface area contributed by atoms with Crippen molar-refractivity contribution in [1.82, 2.24) is 4.72 Å². The first-order chi connectivity index (χ1) is 15.2. The van der Waals surface area contributed by atoms with Gasteiger partial charge in [0.25, 0.3) is 5.91 Å². The highest BCUT2D eigenvalue weighted by atomic mass is 32.2. The summed E-state index contributed by atoms with van der Waals surface area (Å²) in [7, 11) is -3.78. The predicted octanol–water partition coefficient (Wildman–Crippen LogP) is 2.61. The molecule has 1 saturated heterocycles. The van der Waals surface area contributed by atoms with Crippen molar-refractivity contribution in [2.75, 3.05) is 18.5 Å². The lowest BCUT2D eigenvalue weighted by Crippen LogP contribution is -2.32. The minimum atomic E-state index is -3.78. The number of anilines is 1. The van der Waals surface area contributed by atoms with E-state index in [0.717, 1.165) is 31.0 Å². The Balaban J connectivity index is 1.57. The van der Waals surface area contributed by atoms with E-state index >= 15 is 0 Å². The van der Waals surface area contributed by atoms with Gasteiger partial charge in [-0.25, -0.2) is 26.7 Å². The van der Waals surface area contributed by atoms with Gasteiger partial charge in [0.05, 0.1) is 22.3 Å². The Morgan fingerprint density at radius 1 is 1.19 bits per heavy atom. The molecule has 0 aromatic heterocycles. The van der Waals surface area contributed by atoms with Gasteiger partial charge < -0.3 is 14.8 Å². The maximum Gasteiger partial charge on any atom is 0.338 e. The zero-order chi connectivity index (χ0) is 23.3. The van der Waals surface area contributed by atoms with Crippen molar-refractivity contribution in [3.63, 3.8) is 0 Å². The lowest BCUT2D eigenvalue weighted by molar-refractivity contribution is -0.123. The molecule has 2 atom stereocenters. The number of ether oxygens (including phenoxy) is 2. The Morgan fingerprint density at radius 3 is 2.56 bits per heavy atom. The summed E-state index contributed by atoms with van der Waals surface area (Å²) in [4.78, 5) is 24.4. The minimum Gasteiger partial charge on any atom is -0.449 e. The number of sulfonamides is 1. The van der Waals surface area contributed by atoms with Crippen LogP contribution < -0.4 is 10.0 Å². The van der Waals surface area contributed by atoms with Crippen LogP contribution in [0.25, 0.3) is 0 Å². The zero-order valence-electron chi connectivity index (χ0n) is 17.1. The van der Waals surface area contributed by atoms with Crippen LogP contribution in [0.1, 0.15) is 30.1 Å². The van der Waals surface area contributed by atoms with Crippen molar-refractivity contribution in [3.05, 3.63) is 59.7 Å². The Morgan fingerprint density at radius 2 is 1.91 bits per heavy atom. The molecular weight excluding hydrogens is 446 g/mol. The third kappa shape index (κ3) is 6.09. The molecule has 0 spiro atoms. The molecular formula is C21H22F2N2O6S. The lowest BCUT2D eigenvalue weighted by atomic mass is 10.2. The Labute approximate surface area is 184 Å². The fourth-order valence-electron chi connectivity index (χ4n) is 2.97. The zero-order valence-corrected chi connectivity index (χ0v) is 18.0. The third-order valence-electron chi connectivity index (χ3n) is 4.76. The lowest BCUT2D eigenvalue weighted by Gasteiger charge is -2.14. The van der Waals surface area contributed by atoms with Crippen molar-refractivity contribution in [2.24, 2.45) is 0 Å². The Kier molecular flexibility index (Phi) is 7.54. The molecule has 3 rings (SSSR count). The molecule has 0 bridgehead atoms. The van der Waals surface area contributed by atoms with Crippen LogP contribution in [0.4, 0.5) is 14.5 Å². The quantitative estimate of drug-likeness (QED) is 0.577. The van der Waals surface area contributed by atoms with E-state index in [1.807, 2.05) is 0 Å². The Hall–Kier alpha value is -2.89. The summed E-state index contributed by atoms with van der Waals surface area (Å²) in [6.45, 7) is 2.03. The molecule has 0 saturated carbocycles. The standard InChI is InChI=1S/C21H22F2N2O6S/c1-13(20(26)25-19-11-15(22)6-9-18(19)23)31-21(27)14-4-7-17(8-5-14)32(28,29)24-12-16-3-2-10-30-16/h4-9,11,13,16,24H,2-3,10,12H2,1H3,(H,25,26). The summed E-state index contributed by atoms with van der Waals surface area (Å²) in [5, 5.41) is 2.14. The predicted molar refractivity (Wildman–Crippen MR) is 110 cm³/mol. The summed E-state index contributed by atoms with van der Waals surface area (Å²) in [5.41, 5.74) is -0.373. The number of nitrogens with one attached hydrogen (secondary N) is 2. The van der Waals surface area contributed by atoms with Crippen molar-refractivity contribution < 1.29 is 36.3 Å². The number of amides is 1. The Bertz CT molecular complexity index is 1090. The van der Waals surface area contributed by atoms with Gasteiger partial charge in [-0.15, -0.1) is 0 Å². The van der Waals surface area contributed by atoms with Gasteiger partial charge in [0.2, 0.25) is 10.0 Å². The molecule has 1 aliphatic heterocycles. The second kappa shape index (κ2) is 10.2. The number of halogens is 2. The SMILES string of the molecule is CC(OC(=O)c1ccc(S(=O)(=O)NCC2CCCO2)cc1)C(=O)Nc1cc(F)ccc1F. The van der Waals surface area contributed by atoms with Crippen molar-refractivity contribution in [1.29, 1.82) is 0 Å². The number of hydrogen-bond donors (Lipinski definition) is 2. The number of esters is 1. The molecule has 1 fully saturated rings. The minimum absolute atomic E-state index is 0.0136. The fourth-order valence-corrected chi connectivity index (χ4v) is 4.04. The van der Waals surface area contributed by atoms with Crippen LogP contribution in [0.2, 0.25) is 0 Å². The molecule has 11 heteroatoms. The smallest absolute Gasteiger partial charge is 0.338 e. The number of carbonyl (C=O) groups is 2. The third-order valence-corrected chi connectivity index (χ3v) is 6.20. The molecule has 1 heterocycles. The van der Waals surface area contributed by atoms with Gasteiger partial charge in [-0.3, -0.25) is 4.79 Å². The average Bonchev–Trinajstić information content (AvgIpc) is 3.29. The molecule has 2 aromatic rings. The molecule has 2 unspecified atom stereocenters. The van der Waals surface area contributed by atoms with E-state index in [0.29, 0.717) is 6.61 Å². The molecule has 1 aliphatic rings. The van der Waals surface area contributed by atoms with Gasteiger partial charge in [0.15, 0.2) is 6.10 Å². The van der Waals surface area contributed by atoms with Gasteiger partial charge in [-0.2, -0.15) is 0 Å². The summed E-state index contributed by atoms with van der Waals surface area (Å²) < 4.78 is 64.5. The summed E-state index contributed by atoms with van der Waals surface area (Å²) in [5.74, 6) is -3.33. The molecule has 2 N–H and O–H groups in total. The summed E-state index contributed by atoms with van der Waals surface area (Å²) in [6, 6.07) is 7.53. The first-order valence-corrected chi connectivity index (χ1v) is 11.3. The van der Waals surface area contributed by atoms with Gasteiger partial charge in [0, 0.05) is 19.2 Å². The number of carbonyl (C=O) groups excluding carboxylic acids is 2. The number of rotatable bonds is 8. The first kappa shape index (κ1) is 23.8. The van der Waals surface area contributed by atoms with Crippen LogP contribution in [0.15, 0.2) is 47.4 Å². The molecule has 172 valence electrons. The van der Waals surface area contributed by atoms with E-state index in [9.17, 15) is 26.8 Å². The van der Waals surface area contributed by atoms with Crippen LogP contribution in [0, 0.1) is 11.6 Å². The van der Waals surface area contributed by atoms with E-state index in [2.05, 4.69) is 10.0 Å². The fraction of sp³-hybridized carbons (Fsp3) is 0.333. The van der Waals surface area contributed by atoms with Gasteiger partial charge >= 0.3 is 5.97 Å². The van der Waals surface area contributed by atoms with Crippen LogP contribution in [-0.4, -0.2) is 45.7 Å². The normalized spacial score (nSPS) is 17.0. The number of hydrogen-bond acceptors (Lipinski definition) is 6. The summed E-state index contributed by atoms with van der Waals surface area (Å²) in [6.07, 6.45) is 0.191. The highest BCUT2D eigenvalue weighted by Crippen LogP contribution is 2.17. The maximum absolute atomic E-state index is 13.6. The molecule has 8 nitrogen and oxygen atoms in total. The summed E-state index contributed by atoms with van der Waals surface area (Å²) >= 11 is 0. The molecule has 32 heavy (non-hydrogen) atoms. The van der Waals surface area contributed by atoms with E-state index in [-0.39, 0.29) is 28.8 Å². The van der Waals surface area contributed by atoms with E-state index in [4.69, 9.17) is 9.47 Å². The van der Waals surface area contributed by atoms with Crippen molar-refractivity contribution >= 4 is 27.6 Å². The van der Waals surface area contributed by atoms with Gasteiger partial charge in [0.1, 0.15) is 11.6 Å². The second-order valence-electron chi connectivity index (χ2n) is 7.17. The topological polar surface area (TPSA) is 111 Å². The van der Waals surface area contributed by atoms with Gasteiger partial charge in [-0.1, -0.05) is 0 Å². The molecule has 2 aromatic carbocycles. The largest absolute Gasteiger partial charge is 0.449 e. The van der Waals surface area contributed by atoms with Crippen LogP contribution in [0.5, 0.6) is 0 Å². The maximum atomic E-state index is 13.6. The van der Waals surface area contributed by atoms with E-state index in [1.54, 1.807) is 0 Å². The molecule has 1 amide bonds. The van der Waals surface area contributed by atoms with Crippen molar-refractivity contribution in [3.8, 4) is 0 Å². The second-order valence-corrected chi connectivity index (χ2v) is 8.94. The van der Waals surface area contributed by atoms with Crippen molar-refractivity contribution in [2.45, 2.75) is 36.9 Å². The van der Waals surface area contributed by atoms with Gasteiger partial charge in [-0.05, 0) is 56.2 Å². The number of benzene rings is 2. The van der Waals surface area contributed by atoms with E-state index in [1.165, 1.54) is 31.2 Å². The molecule has 0 radical (unpaired) electrons. The highest BCUT2D eigenvalue weighted by molar-refractivity contribution is 7.89. The average molecular weight is 468 g/mol. The van der Waals surface area contributed by atoms with E-state index < -0.39 is 39.6 Å². The highest BCUT2D eigenvalue weighted by Gasteiger charge is 2.23. The van der Waals surface area contributed by atoms with Crippen LogP contribution in [-0.2, 0) is 24.3 Å². The van der Waals surface area contributed by atoms with Crippen LogP contribution in [0.3, 0.4) is 0 Å². The molecule has 0 aliphatic carbocycles. The van der Waals surface area contributed by atoms with Crippen LogP contribution >= 0.6 is 0 Å².